The molecule has 1 heterocycles. The van der Waals surface area contributed by atoms with Crippen LogP contribution in [0, 0.1) is 20.8 Å². The monoisotopic (exact) mass is 410 g/mol. The minimum atomic E-state index is 0.584. The maximum Gasteiger partial charge on any atom is 0.229 e. The van der Waals surface area contributed by atoms with Crippen molar-refractivity contribution in [3.8, 4) is 16.9 Å². The zero-order valence-corrected chi connectivity index (χ0v) is 18.2. The molecule has 0 aliphatic heterocycles. The SMILES string of the molecule is COc1cc2ccc1-2.Cc1ccccc1Nc1ncc(C)c(Nc2ccccc2C)n1. The Balaban J connectivity index is 0.000000239. The molecule has 156 valence electrons. The number of hydrogen-bond donors (Lipinski definition) is 2. The first-order chi connectivity index (χ1) is 15.0. The summed E-state index contributed by atoms with van der Waals surface area (Å²) in [6.45, 7) is 6.13. The Bertz CT molecular complexity index is 1220. The summed E-state index contributed by atoms with van der Waals surface area (Å²) in [5.74, 6) is 2.42. The van der Waals surface area contributed by atoms with Gasteiger partial charge in [0.05, 0.1) is 7.11 Å². The molecule has 0 saturated carbocycles. The molecule has 2 N–H and O–H groups in total. The summed E-state index contributed by atoms with van der Waals surface area (Å²) >= 11 is 0. The number of rotatable bonds is 5. The summed E-state index contributed by atoms with van der Waals surface area (Å²) < 4.78 is 4.97. The Morgan fingerprint density at radius 2 is 1.39 bits per heavy atom. The number of anilines is 4. The van der Waals surface area contributed by atoms with Gasteiger partial charge in [0.2, 0.25) is 5.95 Å². The standard InChI is InChI=1S/C19H20N4.C7H6O/c1-13-8-4-6-10-16(13)21-18-15(3)12-20-19(23-18)22-17-11-7-5-9-14(17)2;1-8-7-4-5-2-3-6(5)7/h4-12H,1-3H3,(H2,20,21,22,23);2-4H,1H3. The molecule has 3 aromatic rings. The highest BCUT2D eigenvalue weighted by molar-refractivity contribution is 5.84. The third-order valence-corrected chi connectivity index (χ3v) is 5.27. The van der Waals surface area contributed by atoms with Gasteiger partial charge >= 0.3 is 0 Å². The van der Waals surface area contributed by atoms with Gasteiger partial charge in [0.15, 0.2) is 0 Å². The first-order valence-electron chi connectivity index (χ1n) is 10.2. The fourth-order valence-electron chi connectivity index (χ4n) is 3.23. The van der Waals surface area contributed by atoms with Gasteiger partial charge in [-0.15, -0.1) is 0 Å². The van der Waals surface area contributed by atoms with E-state index in [1.165, 1.54) is 16.7 Å². The van der Waals surface area contributed by atoms with E-state index in [1.807, 2.05) is 55.6 Å². The van der Waals surface area contributed by atoms with E-state index in [0.29, 0.717) is 5.95 Å². The molecule has 5 rings (SSSR count). The van der Waals surface area contributed by atoms with Crippen LogP contribution < -0.4 is 15.4 Å². The lowest BCUT2D eigenvalue weighted by atomic mass is 9.92. The van der Waals surface area contributed by atoms with E-state index >= 15 is 0 Å². The molecule has 31 heavy (non-hydrogen) atoms. The highest BCUT2D eigenvalue weighted by atomic mass is 16.5. The predicted molar refractivity (Wildman–Crippen MR) is 128 cm³/mol. The minimum Gasteiger partial charge on any atom is -0.496 e. The Morgan fingerprint density at radius 3 is 1.87 bits per heavy atom. The van der Waals surface area contributed by atoms with Gasteiger partial charge in [-0.3, -0.25) is 0 Å². The van der Waals surface area contributed by atoms with Gasteiger partial charge in [-0.05, 0) is 55.7 Å². The van der Waals surface area contributed by atoms with E-state index in [1.54, 1.807) is 7.11 Å². The Hall–Kier alpha value is -3.86. The van der Waals surface area contributed by atoms with E-state index in [9.17, 15) is 0 Å². The molecule has 0 bridgehead atoms. The van der Waals surface area contributed by atoms with Crippen molar-refractivity contribution in [1.29, 1.82) is 0 Å². The summed E-state index contributed by atoms with van der Waals surface area (Å²) in [6, 6.07) is 22.4. The number of benzene rings is 3. The molecule has 0 atom stereocenters. The van der Waals surface area contributed by atoms with Gasteiger partial charge in [0.25, 0.3) is 0 Å². The van der Waals surface area contributed by atoms with Crippen molar-refractivity contribution in [2.75, 3.05) is 17.7 Å². The molecule has 0 spiro atoms. The molecule has 0 amide bonds. The van der Waals surface area contributed by atoms with E-state index in [-0.39, 0.29) is 0 Å². The second kappa shape index (κ2) is 8.88. The van der Waals surface area contributed by atoms with E-state index in [2.05, 4.69) is 58.7 Å². The zero-order valence-electron chi connectivity index (χ0n) is 18.2. The Kier molecular flexibility index (Phi) is 5.85. The Labute approximate surface area is 183 Å². The van der Waals surface area contributed by atoms with Gasteiger partial charge in [0.1, 0.15) is 11.6 Å². The van der Waals surface area contributed by atoms with Crippen LogP contribution in [0.5, 0.6) is 5.75 Å². The molecule has 0 saturated heterocycles. The fraction of sp³-hybridized carbons (Fsp3) is 0.154. The van der Waals surface area contributed by atoms with Crippen LogP contribution in [-0.2, 0) is 0 Å². The number of aryl methyl sites for hydroxylation is 3. The predicted octanol–water partition coefficient (Wildman–Crippen LogP) is 6.56. The van der Waals surface area contributed by atoms with Gasteiger partial charge in [-0.25, -0.2) is 4.98 Å². The maximum absolute atomic E-state index is 4.97. The largest absolute Gasteiger partial charge is 0.496 e. The number of hydrogen-bond acceptors (Lipinski definition) is 5. The molecule has 2 aliphatic rings. The molecular weight excluding hydrogens is 384 g/mol. The summed E-state index contributed by atoms with van der Waals surface area (Å²) in [4.78, 5) is 8.99. The molecule has 5 nitrogen and oxygen atoms in total. The van der Waals surface area contributed by atoms with Crippen molar-refractivity contribution in [2.45, 2.75) is 20.8 Å². The number of nitrogens with one attached hydrogen (secondary N) is 2. The summed E-state index contributed by atoms with van der Waals surface area (Å²) in [5, 5.41) is 6.67. The Morgan fingerprint density at radius 1 is 0.742 bits per heavy atom. The van der Waals surface area contributed by atoms with Gasteiger partial charge in [-0.2, -0.15) is 4.98 Å². The molecule has 0 radical (unpaired) electrons. The van der Waals surface area contributed by atoms with Crippen LogP contribution in [0.4, 0.5) is 23.1 Å². The van der Waals surface area contributed by atoms with Crippen LogP contribution in [0.1, 0.15) is 16.7 Å². The number of aromatic nitrogens is 2. The van der Waals surface area contributed by atoms with Gasteiger partial charge in [-0.1, -0.05) is 48.5 Å². The van der Waals surface area contributed by atoms with Crippen LogP contribution >= 0.6 is 0 Å². The van der Waals surface area contributed by atoms with Crippen molar-refractivity contribution in [3.05, 3.63) is 89.6 Å². The molecule has 2 aliphatic carbocycles. The first kappa shape index (κ1) is 20.4. The summed E-state index contributed by atoms with van der Waals surface area (Å²) in [6.07, 6.45) is 1.83. The highest BCUT2D eigenvalue weighted by Crippen LogP contribution is 2.42. The van der Waals surface area contributed by atoms with Crippen LogP contribution in [-0.4, -0.2) is 17.1 Å². The van der Waals surface area contributed by atoms with Crippen LogP contribution in [0.2, 0.25) is 0 Å². The second-order valence-corrected chi connectivity index (χ2v) is 7.52. The lowest BCUT2D eigenvalue weighted by molar-refractivity contribution is 0.412. The van der Waals surface area contributed by atoms with Crippen molar-refractivity contribution in [2.24, 2.45) is 0 Å². The van der Waals surface area contributed by atoms with Gasteiger partial charge < -0.3 is 15.4 Å². The van der Waals surface area contributed by atoms with Gasteiger partial charge in [0, 0.05) is 28.7 Å². The second-order valence-electron chi connectivity index (χ2n) is 7.52. The summed E-state index contributed by atoms with van der Waals surface area (Å²) in [5.41, 5.74) is 8.02. The lowest BCUT2D eigenvalue weighted by Crippen LogP contribution is -2.04. The van der Waals surface area contributed by atoms with Crippen molar-refractivity contribution in [3.63, 3.8) is 0 Å². The normalized spacial score (nSPS) is 10.6. The molecule has 0 unspecified atom stereocenters. The fourth-order valence-corrected chi connectivity index (χ4v) is 3.23. The smallest absolute Gasteiger partial charge is 0.229 e. The lowest BCUT2D eigenvalue weighted by Gasteiger charge is -2.18. The van der Waals surface area contributed by atoms with E-state index < -0.39 is 0 Å². The van der Waals surface area contributed by atoms with Crippen molar-refractivity contribution >= 4 is 23.1 Å². The third kappa shape index (κ3) is 4.51. The molecule has 1 aromatic heterocycles. The number of fused-ring (bicyclic) bond motifs is 1. The first-order valence-corrected chi connectivity index (χ1v) is 10.2. The van der Waals surface area contributed by atoms with E-state index in [4.69, 9.17) is 4.74 Å². The van der Waals surface area contributed by atoms with Crippen LogP contribution in [0.25, 0.3) is 11.1 Å². The molecule has 2 aromatic carbocycles. The quantitative estimate of drug-likeness (QED) is 0.343. The number of para-hydroxylation sites is 2. The van der Waals surface area contributed by atoms with Crippen LogP contribution in [0.3, 0.4) is 0 Å². The average Bonchev–Trinajstić information content (AvgIpc) is 2.76. The topological polar surface area (TPSA) is 59.1 Å². The van der Waals surface area contributed by atoms with Crippen LogP contribution in [0.15, 0.2) is 72.9 Å². The van der Waals surface area contributed by atoms with Crippen molar-refractivity contribution < 1.29 is 4.74 Å². The van der Waals surface area contributed by atoms with E-state index in [0.717, 1.165) is 34.1 Å². The number of methoxy groups -OCH3 is 1. The number of nitrogens with zero attached hydrogens (tertiary/aromatic N) is 2. The number of ether oxygens (including phenoxy) is 1. The third-order valence-electron chi connectivity index (χ3n) is 5.27. The summed E-state index contributed by atoms with van der Waals surface area (Å²) in [7, 11) is 1.70. The maximum atomic E-state index is 4.97. The highest BCUT2D eigenvalue weighted by Gasteiger charge is 2.16. The van der Waals surface area contributed by atoms with Crippen molar-refractivity contribution in [1.82, 2.24) is 9.97 Å². The molecule has 0 fully saturated rings. The average molecular weight is 411 g/mol. The zero-order chi connectivity index (χ0) is 21.8. The molecular formula is C26H26N4O. The molecule has 5 heteroatoms. The minimum absolute atomic E-state index is 0.584.